The van der Waals surface area contributed by atoms with Crippen LogP contribution in [-0.2, 0) is 4.79 Å². The summed E-state index contributed by atoms with van der Waals surface area (Å²) in [6.07, 6.45) is 5.48. The summed E-state index contributed by atoms with van der Waals surface area (Å²) in [6.45, 7) is 2.65. The third kappa shape index (κ3) is 4.15. The largest absolute Gasteiger partial charge is 0.349 e. The molecule has 1 aliphatic rings. The van der Waals surface area contributed by atoms with Crippen LogP contribution < -0.4 is 11.1 Å². The maximum atomic E-state index is 11.3. The van der Waals surface area contributed by atoms with E-state index in [2.05, 4.69) is 12.2 Å². The van der Waals surface area contributed by atoms with Crippen LogP contribution in [0, 0.1) is 0 Å². The highest BCUT2D eigenvalue weighted by molar-refractivity contribution is 7.99. The van der Waals surface area contributed by atoms with Gasteiger partial charge < -0.3 is 11.1 Å². The van der Waals surface area contributed by atoms with Crippen LogP contribution in [-0.4, -0.2) is 29.5 Å². The first-order valence-corrected chi connectivity index (χ1v) is 6.06. The predicted octanol–water partition coefficient (Wildman–Crippen LogP) is 0.902. The molecule has 2 unspecified atom stereocenters. The lowest BCUT2D eigenvalue weighted by Crippen LogP contribution is -2.38. The van der Waals surface area contributed by atoms with Crippen LogP contribution in [0.25, 0.3) is 0 Å². The van der Waals surface area contributed by atoms with E-state index >= 15 is 0 Å². The van der Waals surface area contributed by atoms with E-state index in [4.69, 9.17) is 5.73 Å². The molecule has 0 saturated carbocycles. The Kier molecular flexibility index (Phi) is 5.04. The molecule has 1 saturated heterocycles. The Morgan fingerprint density at radius 3 is 3.00 bits per heavy atom. The summed E-state index contributed by atoms with van der Waals surface area (Å²) in [4.78, 5) is 11.3. The van der Waals surface area contributed by atoms with Gasteiger partial charge in [0.25, 0.3) is 0 Å². The predicted molar refractivity (Wildman–Crippen MR) is 61.3 cm³/mol. The fraction of sp³-hybridized carbons (Fsp3) is 0.700. The minimum absolute atomic E-state index is 0.0180. The summed E-state index contributed by atoms with van der Waals surface area (Å²) in [5, 5.41) is 3.71. The first-order valence-electron chi connectivity index (χ1n) is 5.01. The quantitative estimate of drug-likeness (QED) is 0.686. The number of nitrogens with one attached hydrogen (secondary N) is 1. The third-order valence-electron chi connectivity index (χ3n) is 2.26. The van der Waals surface area contributed by atoms with Crippen LogP contribution in [0.5, 0.6) is 0 Å². The lowest BCUT2D eigenvalue weighted by molar-refractivity contribution is -0.117. The van der Waals surface area contributed by atoms with E-state index in [1.165, 1.54) is 12.5 Å². The molecule has 1 heterocycles. The number of hydrogen-bond donors (Lipinski definition) is 2. The molecule has 3 nitrogen and oxygen atoms in total. The lowest BCUT2D eigenvalue weighted by atomic mass is 10.1. The molecule has 0 aliphatic carbocycles. The van der Waals surface area contributed by atoms with E-state index in [1.807, 2.05) is 11.8 Å². The highest BCUT2D eigenvalue weighted by Gasteiger charge is 2.18. The van der Waals surface area contributed by atoms with Gasteiger partial charge in [-0.1, -0.05) is 13.0 Å². The Labute approximate surface area is 89.5 Å². The average molecular weight is 214 g/mol. The Morgan fingerprint density at radius 2 is 2.43 bits per heavy atom. The second-order valence-electron chi connectivity index (χ2n) is 3.56. The van der Waals surface area contributed by atoms with Crippen molar-refractivity contribution in [2.24, 2.45) is 5.73 Å². The Hall–Kier alpha value is -0.480. The molecule has 1 aliphatic heterocycles. The van der Waals surface area contributed by atoms with Crippen LogP contribution in [0.15, 0.2) is 12.2 Å². The number of rotatable bonds is 3. The highest BCUT2D eigenvalue weighted by atomic mass is 32.2. The second-order valence-corrected chi connectivity index (χ2v) is 5.04. The smallest absolute Gasteiger partial charge is 0.243 e. The first kappa shape index (κ1) is 11.6. The number of hydrogen-bond acceptors (Lipinski definition) is 3. The van der Waals surface area contributed by atoms with Crippen molar-refractivity contribution in [3.8, 4) is 0 Å². The van der Waals surface area contributed by atoms with Gasteiger partial charge in [0.1, 0.15) is 0 Å². The topological polar surface area (TPSA) is 55.1 Å². The van der Waals surface area contributed by atoms with Gasteiger partial charge in [0.05, 0.1) is 0 Å². The molecule has 4 heteroatoms. The van der Waals surface area contributed by atoms with Gasteiger partial charge in [-0.25, -0.2) is 0 Å². The van der Waals surface area contributed by atoms with Crippen molar-refractivity contribution >= 4 is 17.7 Å². The normalized spacial score (nSPS) is 27.9. The van der Waals surface area contributed by atoms with Gasteiger partial charge >= 0.3 is 0 Å². The number of nitrogens with two attached hydrogens (primary N) is 1. The van der Waals surface area contributed by atoms with Crippen LogP contribution in [0.4, 0.5) is 0 Å². The maximum Gasteiger partial charge on any atom is 0.243 e. The van der Waals surface area contributed by atoms with Crippen molar-refractivity contribution in [2.75, 3.05) is 12.3 Å². The van der Waals surface area contributed by atoms with Crippen molar-refractivity contribution in [1.82, 2.24) is 5.32 Å². The summed E-state index contributed by atoms with van der Waals surface area (Å²) >= 11 is 1.93. The molecule has 80 valence electrons. The summed E-state index contributed by atoms with van der Waals surface area (Å²) in [7, 11) is 0. The molecule has 0 aromatic heterocycles. The zero-order valence-corrected chi connectivity index (χ0v) is 9.35. The van der Waals surface area contributed by atoms with Crippen LogP contribution >= 0.6 is 11.8 Å². The molecule has 2 atom stereocenters. The maximum absolute atomic E-state index is 11.3. The minimum Gasteiger partial charge on any atom is -0.349 e. The van der Waals surface area contributed by atoms with Crippen molar-refractivity contribution in [1.29, 1.82) is 0 Å². The summed E-state index contributed by atoms with van der Waals surface area (Å²) < 4.78 is 0. The van der Waals surface area contributed by atoms with Crippen LogP contribution in [0.3, 0.4) is 0 Å². The van der Waals surface area contributed by atoms with Gasteiger partial charge in [-0.05, 0) is 12.8 Å². The van der Waals surface area contributed by atoms with Crippen molar-refractivity contribution in [3.63, 3.8) is 0 Å². The van der Waals surface area contributed by atoms with E-state index < -0.39 is 0 Å². The van der Waals surface area contributed by atoms with E-state index in [0.717, 1.165) is 17.4 Å². The molecule has 3 N–H and O–H groups in total. The molecule has 0 bridgehead atoms. The molecule has 14 heavy (non-hydrogen) atoms. The molecule has 0 radical (unpaired) electrons. The standard InChI is InChI=1S/C10H18N2OS/c1-8-4-5-9(7-14-8)12-10(13)3-2-6-11/h2-3,8-9H,4-7,11H2,1H3,(H,12,13)/b3-2+. The van der Waals surface area contributed by atoms with Gasteiger partial charge in [0, 0.05) is 29.7 Å². The number of carbonyl (C=O) groups excluding carboxylic acids is 1. The monoisotopic (exact) mass is 214 g/mol. The Balaban J connectivity index is 2.24. The van der Waals surface area contributed by atoms with Gasteiger partial charge in [-0.15, -0.1) is 0 Å². The van der Waals surface area contributed by atoms with E-state index in [-0.39, 0.29) is 5.91 Å². The van der Waals surface area contributed by atoms with Gasteiger partial charge in [-0.2, -0.15) is 11.8 Å². The second kappa shape index (κ2) is 6.09. The number of amides is 1. The minimum atomic E-state index is -0.0180. The number of carbonyl (C=O) groups is 1. The average Bonchev–Trinajstić information content (AvgIpc) is 2.18. The SMILES string of the molecule is CC1CCC(NC(=O)/C=C/CN)CS1. The molecule has 1 amide bonds. The molecule has 0 aromatic carbocycles. The molecule has 0 aromatic rings. The van der Waals surface area contributed by atoms with Crippen molar-refractivity contribution in [3.05, 3.63) is 12.2 Å². The summed E-state index contributed by atoms with van der Waals surface area (Å²) in [5.74, 6) is 1.01. The number of thioether (sulfide) groups is 1. The van der Waals surface area contributed by atoms with E-state index in [0.29, 0.717) is 12.6 Å². The van der Waals surface area contributed by atoms with Gasteiger partial charge in [-0.3, -0.25) is 4.79 Å². The fourth-order valence-electron chi connectivity index (χ4n) is 1.42. The summed E-state index contributed by atoms with van der Waals surface area (Å²) in [5.41, 5.74) is 5.26. The van der Waals surface area contributed by atoms with Crippen LogP contribution in [0.2, 0.25) is 0 Å². The Morgan fingerprint density at radius 1 is 1.64 bits per heavy atom. The molecular weight excluding hydrogens is 196 g/mol. The third-order valence-corrected chi connectivity index (χ3v) is 3.65. The first-order chi connectivity index (χ1) is 6.72. The van der Waals surface area contributed by atoms with Crippen molar-refractivity contribution < 1.29 is 4.79 Å². The fourth-order valence-corrected chi connectivity index (χ4v) is 2.53. The summed E-state index contributed by atoms with van der Waals surface area (Å²) in [6, 6.07) is 0.339. The van der Waals surface area contributed by atoms with Crippen molar-refractivity contribution in [2.45, 2.75) is 31.1 Å². The zero-order valence-electron chi connectivity index (χ0n) is 8.53. The molecule has 0 spiro atoms. The molecular formula is C10H18N2OS. The lowest BCUT2D eigenvalue weighted by Gasteiger charge is -2.26. The van der Waals surface area contributed by atoms with E-state index in [9.17, 15) is 4.79 Å². The Bertz CT molecular complexity index is 210. The highest BCUT2D eigenvalue weighted by Crippen LogP contribution is 2.24. The van der Waals surface area contributed by atoms with E-state index in [1.54, 1.807) is 6.08 Å². The van der Waals surface area contributed by atoms with Gasteiger partial charge in [0.15, 0.2) is 0 Å². The van der Waals surface area contributed by atoms with Gasteiger partial charge in [0.2, 0.25) is 5.91 Å². The molecule has 1 rings (SSSR count). The molecule has 1 fully saturated rings. The zero-order chi connectivity index (χ0) is 10.4. The van der Waals surface area contributed by atoms with Crippen LogP contribution in [0.1, 0.15) is 19.8 Å².